The Hall–Kier alpha value is -3.00. The van der Waals surface area contributed by atoms with Gasteiger partial charge >= 0.3 is 6.01 Å². The van der Waals surface area contributed by atoms with Crippen molar-refractivity contribution in [3.05, 3.63) is 48.0 Å². The van der Waals surface area contributed by atoms with Crippen molar-refractivity contribution < 1.29 is 18.7 Å². The number of benzene rings is 2. The fourth-order valence-corrected chi connectivity index (χ4v) is 3.14. The van der Waals surface area contributed by atoms with Gasteiger partial charge in [0.2, 0.25) is 0 Å². The molecule has 8 heteroatoms. The monoisotopic (exact) mass is 385 g/mol. The maximum absolute atomic E-state index is 12.4. The summed E-state index contributed by atoms with van der Waals surface area (Å²) in [4.78, 5) is 13.5. The summed E-state index contributed by atoms with van der Waals surface area (Å²) in [6, 6.07) is 12.6. The summed E-state index contributed by atoms with van der Waals surface area (Å²) < 4.78 is 16.1. The van der Waals surface area contributed by atoms with Crippen LogP contribution in [0, 0.1) is 0 Å². The van der Waals surface area contributed by atoms with Crippen molar-refractivity contribution >= 4 is 23.7 Å². The zero-order chi connectivity index (χ0) is 19.2. The molecule has 140 valence electrons. The topological polar surface area (TPSA) is 86.5 Å². The van der Waals surface area contributed by atoms with Crippen molar-refractivity contribution in [1.82, 2.24) is 10.2 Å². The summed E-state index contributed by atoms with van der Waals surface area (Å²) in [5.41, 5.74) is 1.13. The molecule has 0 unspecified atom stereocenters. The number of carbonyl (C=O) groups excluding carboxylic acids is 1. The molecule has 0 radical (unpaired) electrons. The van der Waals surface area contributed by atoms with Gasteiger partial charge in [0.25, 0.3) is 11.8 Å². The highest BCUT2D eigenvalue weighted by Crippen LogP contribution is 2.33. The van der Waals surface area contributed by atoms with Crippen molar-refractivity contribution in [2.45, 2.75) is 11.8 Å². The van der Waals surface area contributed by atoms with Crippen LogP contribution in [0.3, 0.4) is 0 Å². The van der Waals surface area contributed by atoms with Crippen LogP contribution < -0.4 is 14.8 Å². The molecule has 0 saturated heterocycles. The lowest BCUT2D eigenvalue weighted by atomic mass is 10.2. The number of thioether (sulfide) groups is 1. The normalized spacial score (nSPS) is 10.5. The maximum Gasteiger partial charge on any atom is 0.322 e. The zero-order valence-corrected chi connectivity index (χ0v) is 16.0. The number of aromatic nitrogens is 2. The van der Waals surface area contributed by atoms with Gasteiger partial charge in [0, 0.05) is 16.5 Å². The van der Waals surface area contributed by atoms with E-state index in [4.69, 9.17) is 13.9 Å². The van der Waals surface area contributed by atoms with Crippen molar-refractivity contribution in [2.75, 3.05) is 25.3 Å². The Morgan fingerprint density at radius 1 is 1.15 bits per heavy atom. The molecule has 27 heavy (non-hydrogen) atoms. The highest BCUT2D eigenvalue weighted by molar-refractivity contribution is 7.99. The zero-order valence-electron chi connectivity index (χ0n) is 15.2. The predicted octanol–water partition coefficient (Wildman–Crippen LogP) is 4.12. The summed E-state index contributed by atoms with van der Waals surface area (Å²) in [5.74, 6) is 2.03. The van der Waals surface area contributed by atoms with Crippen molar-refractivity contribution in [3.8, 4) is 23.0 Å². The van der Waals surface area contributed by atoms with Crippen LogP contribution in [0.2, 0.25) is 0 Å². The molecular weight excluding hydrogens is 366 g/mol. The Morgan fingerprint density at radius 2 is 2.00 bits per heavy atom. The number of nitrogens with zero attached hydrogens (tertiary/aromatic N) is 2. The van der Waals surface area contributed by atoms with Gasteiger partial charge in [-0.25, -0.2) is 0 Å². The van der Waals surface area contributed by atoms with E-state index < -0.39 is 0 Å². The van der Waals surface area contributed by atoms with Gasteiger partial charge in [-0.05, 0) is 36.1 Å². The fourth-order valence-electron chi connectivity index (χ4n) is 2.42. The van der Waals surface area contributed by atoms with Crippen molar-refractivity contribution in [2.24, 2.45) is 0 Å². The first-order chi connectivity index (χ1) is 13.1. The molecule has 0 aliphatic rings. The van der Waals surface area contributed by atoms with Gasteiger partial charge in [-0.1, -0.05) is 18.1 Å². The average Bonchev–Trinajstić information content (AvgIpc) is 3.16. The second-order valence-electron chi connectivity index (χ2n) is 5.39. The quantitative estimate of drug-likeness (QED) is 0.612. The van der Waals surface area contributed by atoms with Crippen LogP contribution in [-0.4, -0.2) is 36.1 Å². The molecule has 0 saturated carbocycles. The summed E-state index contributed by atoms with van der Waals surface area (Å²) in [5, 5.41) is 10.5. The third-order valence-corrected chi connectivity index (χ3v) is 4.57. The molecule has 3 rings (SSSR count). The largest absolute Gasteiger partial charge is 0.497 e. The summed E-state index contributed by atoms with van der Waals surface area (Å²) in [6.45, 7) is 2.06. The molecule has 1 aromatic heterocycles. The number of carbonyl (C=O) groups is 1. The molecule has 2 aromatic carbocycles. The predicted molar refractivity (Wildman–Crippen MR) is 104 cm³/mol. The third-order valence-electron chi connectivity index (χ3n) is 3.69. The van der Waals surface area contributed by atoms with Gasteiger partial charge in [-0.3, -0.25) is 10.1 Å². The highest BCUT2D eigenvalue weighted by atomic mass is 32.2. The van der Waals surface area contributed by atoms with Crippen LogP contribution in [0.4, 0.5) is 6.01 Å². The lowest BCUT2D eigenvalue weighted by molar-refractivity contribution is 0.102. The molecule has 7 nitrogen and oxygen atoms in total. The molecule has 3 aromatic rings. The fraction of sp³-hybridized carbons (Fsp3) is 0.211. The van der Waals surface area contributed by atoms with Crippen LogP contribution in [0.25, 0.3) is 11.5 Å². The standard InChI is InChI=1S/C19H19N3O4S/c1-4-27-14-7-5-6-12(10-14)17(23)20-19-22-21-18(26-19)15-9-8-13(24-2)11-16(15)25-3/h5-11H,4H2,1-3H3,(H,20,22,23). The number of methoxy groups -OCH3 is 2. The Labute approximate surface area is 161 Å². The average molecular weight is 385 g/mol. The van der Waals surface area contributed by atoms with Crippen LogP contribution in [0.1, 0.15) is 17.3 Å². The molecule has 0 fully saturated rings. The molecule has 0 spiro atoms. The minimum absolute atomic E-state index is 0.0152. The number of anilines is 1. The maximum atomic E-state index is 12.4. The lowest BCUT2D eigenvalue weighted by Gasteiger charge is -2.07. The molecule has 0 aliphatic carbocycles. The van der Waals surface area contributed by atoms with Gasteiger partial charge in [0.05, 0.1) is 19.8 Å². The number of amides is 1. The van der Waals surface area contributed by atoms with E-state index >= 15 is 0 Å². The first-order valence-electron chi connectivity index (χ1n) is 8.24. The molecule has 0 bridgehead atoms. The Balaban J connectivity index is 1.78. The number of hydrogen-bond donors (Lipinski definition) is 1. The second-order valence-corrected chi connectivity index (χ2v) is 6.73. The van der Waals surface area contributed by atoms with Gasteiger partial charge in [-0.2, -0.15) is 0 Å². The van der Waals surface area contributed by atoms with Gasteiger partial charge in [-0.15, -0.1) is 16.9 Å². The van der Waals surface area contributed by atoms with E-state index in [1.807, 2.05) is 18.2 Å². The van der Waals surface area contributed by atoms with Gasteiger partial charge in [0.15, 0.2) is 0 Å². The molecule has 0 aliphatic heterocycles. The minimum Gasteiger partial charge on any atom is -0.497 e. The van der Waals surface area contributed by atoms with E-state index in [-0.39, 0.29) is 17.8 Å². The van der Waals surface area contributed by atoms with Gasteiger partial charge < -0.3 is 13.9 Å². The van der Waals surface area contributed by atoms with Crippen molar-refractivity contribution in [3.63, 3.8) is 0 Å². The summed E-state index contributed by atoms with van der Waals surface area (Å²) in [7, 11) is 3.11. The molecular formula is C19H19N3O4S. The smallest absolute Gasteiger partial charge is 0.322 e. The van der Waals surface area contributed by atoms with Crippen molar-refractivity contribution in [1.29, 1.82) is 0 Å². The first-order valence-corrected chi connectivity index (χ1v) is 9.23. The summed E-state index contributed by atoms with van der Waals surface area (Å²) >= 11 is 1.67. The van der Waals surface area contributed by atoms with E-state index in [9.17, 15) is 4.79 Å². The van der Waals surface area contributed by atoms with Crippen LogP contribution in [-0.2, 0) is 0 Å². The third kappa shape index (κ3) is 4.40. The van der Waals surface area contributed by atoms with E-state index in [1.165, 1.54) is 0 Å². The SMILES string of the molecule is CCSc1cccc(C(=O)Nc2nnc(-c3ccc(OC)cc3OC)o2)c1. The molecule has 1 N–H and O–H groups in total. The number of hydrogen-bond acceptors (Lipinski definition) is 7. The van der Waals surface area contributed by atoms with Gasteiger partial charge in [0.1, 0.15) is 11.5 Å². The van der Waals surface area contributed by atoms with E-state index in [0.717, 1.165) is 10.6 Å². The van der Waals surface area contributed by atoms with E-state index in [0.29, 0.717) is 22.6 Å². The Morgan fingerprint density at radius 3 is 2.74 bits per heavy atom. The Kier molecular flexibility index (Phi) is 5.97. The van der Waals surface area contributed by atoms with Crippen LogP contribution in [0.15, 0.2) is 51.8 Å². The molecule has 1 amide bonds. The molecule has 1 heterocycles. The summed E-state index contributed by atoms with van der Waals surface area (Å²) in [6.07, 6.45) is 0. The van der Waals surface area contributed by atoms with Crippen LogP contribution >= 0.6 is 11.8 Å². The molecule has 0 atom stereocenters. The number of rotatable bonds is 7. The highest BCUT2D eigenvalue weighted by Gasteiger charge is 2.16. The Bertz CT molecular complexity index is 942. The number of ether oxygens (including phenoxy) is 2. The van der Waals surface area contributed by atoms with E-state index in [2.05, 4.69) is 22.4 Å². The van der Waals surface area contributed by atoms with Crippen LogP contribution in [0.5, 0.6) is 11.5 Å². The lowest BCUT2D eigenvalue weighted by Crippen LogP contribution is -2.12. The minimum atomic E-state index is -0.314. The second kappa shape index (κ2) is 8.59. The first kappa shape index (κ1) is 18.8. The number of nitrogens with one attached hydrogen (secondary N) is 1. The van der Waals surface area contributed by atoms with E-state index in [1.54, 1.807) is 50.2 Å².